The van der Waals surface area contributed by atoms with Crippen LogP contribution in [-0.4, -0.2) is 18.1 Å². The maximum absolute atomic E-state index is 12.9. The Bertz CT molecular complexity index is 927. The van der Waals surface area contributed by atoms with Gasteiger partial charge in [0.25, 0.3) is 0 Å². The van der Waals surface area contributed by atoms with Crippen LogP contribution in [0.15, 0.2) is 59.2 Å². The molecule has 140 valence electrons. The minimum Gasteiger partial charge on any atom is -0.496 e. The molecule has 1 amide bonds. The van der Waals surface area contributed by atoms with Crippen LogP contribution in [0.2, 0.25) is 0 Å². The van der Waals surface area contributed by atoms with Gasteiger partial charge in [0, 0.05) is 15.3 Å². The van der Waals surface area contributed by atoms with E-state index in [1.54, 1.807) is 25.5 Å². The number of hydrogen-bond acceptors (Lipinski definition) is 5. The summed E-state index contributed by atoms with van der Waals surface area (Å²) < 4.78 is 10.7. The lowest BCUT2D eigenvalue weighted by Crippen LogP contribution is -2.34. The van der Waals surface area contributed by atoms with Crippen molar-refractivity contribution < 1.29 is 19.1 Å². The average molecular weight is 383 g/mol. The predicted octanol–water partition coefficient (Wildman–Crippen LogP) is 3.78. The number of benzene rings is 1. The van der Waals surface area contributed by atoms with Crippen molar-refractivity contribution in [1.29, 1.82) is 0 Å². The van der Waals surface area contributed by atoms with Crippen molar-refractivity contribution in [1.82, 2.24) is 5.32 Å². The fourth-order valence-corrected chi connectivity index (χ4v) is 4.29. The average Bonchev–Trinajstić information content (AvgIpc) is 3.10. The number of carbonyl (C=O) groups excluding carboxylic acids is 1. The molecule has 2 heterocycles. The fourth-order valence-electron chi connectivity index (χ4n) is 3.34. The molecule has 2 aromatic heterocycles. The molecule has 1 atom stereocenters. The first kappa shape index (κ1) is 17.8. The fraction of sp³-hybridized carbons (Fsp3) is 0.286. The second-order valence-corrected chi connectivity index (χ2v) is 7.89. The van der Waals surface area contributed by atoms with Gasteiger partial charge < -0.3 is 19.6 Å². The predicted molar refractivity (Wildman–Crippen MR) is 103 cm³/mol. The van der Waals surface area contributed by atoms with E-state index >= 15 is 0 Å². The summed E-state index contributed by atoms with van der Waals surface area (Å²) in [5.74, 6) is 1.29. The number of aliphatic hydroxyl groups excluding tert-OH is 1. The highest BCUT2D eigenvalue weighted by Gasteiger charge is 2.52. The van der Waals surface area contributed by atoms with Crippen molar-refractivity contribution in [3.05, 3.63) is 75.9 Å². The topological polar surface area (TPSA) is 71.7 Å². The maximum Gasteiger partial charge on any atom is 0.231 e. The van der Waals surface area contributed by atoms with E-state index < -0.39 is 11.5 Å². The number of para-hydroxylation sites is 1. The summed E-state index contributed by atoms with van der Waals surface area (Å²) in [6.45, 7) is 0.436. The molecule has 1 saturated carbocycles. The number of amides is 1. The number of carbonyl (C=O) groups is 1. The number of nitrogens with one attached hydrogen (secondary N) is 1. The van der Waals surface area contributed by atoms with Crippen LogP contribution in [-0.2, 0) is 16.8 Å². The highest BCUT2D eigenvalue weighted by molar-refractivity contribution is 7.12. The molecule has 0 radical (unpaired) electrons. The molecule has 5 nitrogen and oxygen atoms in total. The van der Waals surface area contributed by atoms with E-state index in [0.717, 1.165) is 33.9 Å². The van der Waals surface area contributed by atoms with E-state index in [0.29, 0.717) is 12.3 Å². The van der Waals surface area contributed by atoms with Crippen molar-refractivity contribution in [3.8, 4) is 5.75 Å². The quantitative estimate of drug-likeness (QED) is 0.651. The van der Waals surface area contributed by atoms with Crippen LogP contribution in [0.25, 0.3) is 0 Å². The van der Waals surface area contributed by atoms with Crippen molar-refractivity contribution in [3.63, 3.8) is 0 Å². The molecule has 1 aliphatic rings. The van der Waals surface area contributed by atoms with Gasteiger partial charge in [0.2, 0.25) is 5.91 Å². The van der Waals surface area contributed by atoms with Gasteiger partial charge in [-0.3, -0.25) is 4.79 Å². The summed E-state index contributed by atoms with van der Waals surface area (Å²) in [5, 5.41) is 13.4. The van der Waals surface area contributed by atoms with Crippen molar-refractivity contribution in [2.24, 2.45) is 0 Å². The summed E-state index contributed by atoms with van der Waals surface area (Å²) in [6, 6.07) is 15.0. The number of methoxy groups -OCH3 is 1. The zero-order valence-corrected chi connectivity index (χ0v) is 15.8. The molecule has 1 unspecified atom stereocenters. The van der Waals surface area contributed by atoms with Crippen molar-refractivity contribution >= 4 is 17.2 Å². The third kappa shape index (κ3) is 3.38. The number of aliphatic hydroxyl groups is 1. The molecule has 1 aliphatic carbocycles. The van der Waals surface area contributed by atoms with E-state index in [9.17, 15) is 9.90 Å². The normalized spacial score (nSPS) is 15.9. The Balaban J connectivity index is 1.43. The molecule has 6 heteroatoms. The molecular formula is C21H21NO4S. The van der Waals surface area contributed by atoms with Crippen LogP contribution in [0.1, 0.15) is 40.0 Å². The van der Waals surface area contributed by atoms with Gasteiger partial charge in [-0.15, -0.1) is 11.3 Å². The molecule has 4 rings (SSSR count). The Labute approximate surface area is 161 Å². The first-order valence-electron chi connectivity index (χ1n) is 8.86. The van der Waals surface area contributed by atoms with Crippen LogP contribution in [0.5, 0.6) is 5.75 Å². The van der Waals surface area contributed by atoms with Gasteiger partial charge in [0.15, 0.2) is 0 Å². The van der Waals surface area contributed by atoms with E-state index in [1.165, 1.54) is 11.3 Å². The lowest BCUT2D eigenvalue weighted by molar-refractivity contribution is -0.123. The van der Waals surface area contributed by atoms with E-state index in [1.807, 2.05) is 36.4 Å². The third-order valence-corrected chi connectivity index (χ3v) is 6.13. The van der Waals surface area contributed by atoms with E-state index in [2.05, 4.69) is 5.32 Å². The van der Waals surface area contributed by atoms with Gasteiger partial charge in [-0.05, 0) is 43.2 Å². The maximum atomic E-state index is 12.9. The molecule has 2 N–H and O–H groups in total. The van der Waals surface area contributed by atoms with Gasteiger partial charge in [0.1, 0.15) is 17.6 Å². The number of hydrogen-bond donors (Lipinski definition) is 2. The Morgan fingerprint density at radius 2 is 2.07 bits per heavy atom. The molecule has 0 saturated heterocycles. The summed E-state index contributed by atoms with van der Waals surface area (Å²) in [4.78, 5) is 14.6. The Morgan fingerprint density at radius 1 is 1.26 bits per heavy atom. The first-order chi connectivity index (χ1) is 13.1. The van der Waals surface area contributed by atoms with Crippen LogP contribution in [0, 0.1) is 0 Å². The summed E-state index contributed by atoms with van der Waals surface area (Å²) in [5.41, 5.74) is 0.463. The molecule has 0 bridgehead atoms. The standard InChI is InChI=1S/C21H21NO4S/c1-25-16-6-3-2-5-15(16)21(10-11-21)20(24)22-13-14-8-9-18(27-14)19(23)17-7-4-12-26-17/h2-9,12,19,23H,10-11,13H2,1H3,(H,22,24). The van der Waals surface area contributed by atoms with Crippen LogP contribution in [0.4, 0.5) is 0 Å². The second-order valence-electron chi connectivity index (χ2n) is 6.69. The van der Waals surface area contributed by atoms with E-state index in [-0.39, 0.29) is 5.91 Å². The highest BCUT2D eigenvalue weighted by Crippen LogP contribution is 2.51. The molecule has 1 fully saturated rings. The minimum atomic E-state index is -0.780. The molecule has 0 aliphatic heterocycles. The smallest absolute Gasteiger partial charge is 0.231 e. The lowest BCUT2D eigenvalue weighted by atomic mass is 9.94. The van der Waals surface area contributed by atoms with Gasteiger partial charge in [0.05, 0.1) is 25.3 Å². The first-order valence-corrected chi connectivity index (χ1v) is 9.67. The third-order valence-electron chi connectivity index (χ3n) is 4.99. The number of ether oxygens (including phenoxy) is 1. The van der Waals surface area contributed by atoms with Gasteiger partial charge in [-0.1, -0.05) is 18.2 Å². The van der Waals surface area contributed by atoms with E-state index in [4.69, 9.17) is 9.15 Å². The second kappa shape index (κ2) is 7.21. The molecular weight excluding hydrogens is 362 g/mol. The molecule has 3 aromatic rings. The van der Waals surface area contributed by atoms with Gasteiger partial charge >= 0.3 is 0 Å². The minimum absolute atomic E-state index is 0.0218. The summed E-state index contributed by atoms with van der Waals surface area (Å²) in [7, 11) is 1.63. The zero-order chi connectivity index (χ0) is 18.9. The zero-order valence-electron chi connectivity index (χ0n) is 15.0. The van der Waals surface area contributed by atoms with Gasteiger partial charge in [-0.25, -0.2) is 0 Å². The van der Waals surface area contributed by atoms with Gasteiger partial charge in [-0.2, -0.15) is 0 Å². The number of thiophene rings is 1. The Kier molecular flexibility index (Phi) is 4.76. The molecule has 0 spiro atoms. The number of furan rings is 1. The monoisotopic (exact) mass is 383 g/mol. The molecule has 27 heavy (non-hydrogen) atoms. The van der Waals surface area contributed by atoms with Crippen LogP contribution < -0.4 is 10.1 Å². The lowest BCUT2D eigenvalue weighted by Gasteiger charge is -2.18. The van der Waals surface area contributed by atoms with Crippen molar-refractivity contribution in [2.75, 3.05) is 7.11 Å². The van der Waals surface area contributed by atoms with Crippen LogP contribution in [0.3, 0.4) is 0 Å². The SMILES string of the molecule is COc1ccccc1C1(C(=O)NCc2ccc(C(O)c3ccco3)s2)CC1. The number of rotatable bonds is 7. The Morgan fingerprint density at radius 3 is 2.78 bits per heavy atom. The molecule has 1 aromatic carbocycles. The van der Waals surface area contributed by atoms with Crippen LogP contribution >= 0.6 is 11.3 Å². The highest BCUT2D eigenvalue weighted by atomic mass is 32.1. The Hall–Kier alpha value is -2.57. The summed E-state index contributed by atoms with van der Waals surface area (Å²) in [6.07, 6.45) is 2.41. The van der Waals surface area contributed by atoms with Crippen molar-refractivity contribution in [2.45, 2.75) is 30.9 Å². The summed E-state index contributed by atoms with van der Waals surface area (Å²) >= 11 is 1.47. The largest absolute Gasteiger partial charge is 0.496 e.